The van der Waals surface area contributed by atoms with Crippen LogP contribution in [-0.2, 0) is 20.2 Å². The maximum absolute atomic E-state index is 11.6. The summed E-state index contributed by atoms with van der Waals surface area (Å²) in [4.78, 5) is 0. The van der Waals surface area contributed by atoms with Gasteiger partial charge >= 0.3 is 0 Å². The molecule has 1 heterocycles. The van der Waals surface area contributed by atoms with E-state index in [9.17, 15) is 16.8 Å². The molecule has 0 atom stereocenters. The van der Waals surface area contributed by atoms with Crippen molar-refractivity contribution in [1.82, 2.24) is 13.3 Å². The van der Waals surface area contributed by atoms with Gasteiger partial charge in [0.25, 0.3) is 10.2 Å². The van der Waals surface area contributed by atoms with Gasteiger partial charge in [-0.05, 0) is 12.8 Å². The number of nitrogens with one attached hydrogen (secondary N) is 1. The van der Waals surface area contributed by atoms with Gasteiger partial charge in [0.05, 0.1) is 5.75 Å². The molecule has 1 N–H and O–H groups in total. The lowest BCUT2D eigenvalue weighted by Gasteiger charge is -2.26. The van der Waals surface area contributed by atoms with E-state index in [1.807, 2.05) is 0 Å². The van der Waals surface area contributed by atoms with Crippen LogP contribution in [0.25, 0.3) is 0 Å². The van der Waals surface area contributed by atoms with Crippen molar-refractivity contribution in [2.75, 3.05) is 39.5 Å². The van der Waals surface area contributed by atoms with Crippen molar-refractivity contribution in [2.24, 2.45) is 0 Å². The molecule has 1 saturated heterocycles. The average molecular weight is 285 g/mol. The molecule has 1 fully saturated rings. The zero-order chi connectivity index (χ0) is 13.1. The minimum atomic E-state index is -3.47. The van der Waals surface area contributed by atoms with Crippen LogP contribution in [0.1, 0.15) is 12.8 Å². The molecule has 9 heteroatoms. The largest absolute Gasteiger partial charge is 0.278 e. The first-order valence-electron chi connectivity index (χ1n) is 5.41. The van der Waals surface area contributed by atoms with Gasteiger partial charge in [-0.3, -0.25) is 0 Å². The fourth-order valence-corrected chi connectivity index (χ4v) is 3.73. The van der Waals surface area contributed by atoms with Crippen molar-refractivity contribution in [3.05, 3.63) is 0 Å². The van der Waals surface area contributed by atoms with E-state index in [0.29, 0.717) is 13.0 Å². The lowest BCUT2D eigenvalue weighted by atomic mass is 10.3. The van der Waals surface area contributed by atoms with Gasteiger partial charge in [-0.25, -0.2) is 17.4 Å². The summed E-state index contributed by atoms with van der Waals surface area (Å²) in [5, 5.41) is 0. The quantitative estimate of drug-likeness (QED) is 0.688. The third kappa shape index (κ3) is 4.18. The predicted molar refractivity (Wildman–Crippen MR) is 65.2 cm³/mol. The Kier molecular flexibility index (Phi) is 4.90. The Morgan fingerprint density at radius 1 is 1.29 bits per heavy atom. The molecule has 0 saturated carbocycles. The molecule has 1 aliphatic heterocycles. The molecule has 7 nitrogen and oxygen atoms in total. The standard InChI is InChI=1S/C8H19N3O4S2/c1-10(2)17(14,15)9-5-7-11-6-3-4-8-16(11,12)13/h9H,3-8H2,1-2H3. The second-order valence-electron chi connectivity index (χ2n) is 4.10. The van der Waals surface area contributed by atoms with E-state index in [1.54, 1.807) is 0 Å². The van der Waals surface area contributed by atoms with Crippen LogP contribution in [0.2, 0.25) is 0 Å². The fourth-order valence-electron chi connectivity index (χ4n) is 1.52. The highest BCUT2D eigenvalue weighted by atomic mass is 32.2. The fraction of sp³-hybridized carbons (Fsp3) is 1.00. The number of hydrogen-bond acceptors (Lipinski definition) is 4. The number of nitrogens with zero attached hydrogens (tertiary/aromatic N) is 2. The molecular weight excluding hydrogens is 266 g/mol. The first-order valence-corrected chi connectivity index (χ1v) is 8.45. The first-order chi connectivity index (χ1) is 7.76. The van der Waals surface area contributed by atoms with Crippen LogP contribution in [-0.4, -0.2) is 64.9 Å². The van der Waals surface area contributed by atoms with Crippen molar-refractivity contribution >= 4 is 20.2 Å². The molecule has 0 unspecified atom stereocenters. The topological polar surface area (TPSA) is 86.8 Å². The molecule has 102 valence electrons. The molecular formula is C8H19N3O4S2. The van der Waals surface area contributed by atoms with E-state index in [2.05, 4.69) is 4.72 Å². The summed E-state index contributed by atoms with van der Waals surface area (Å²) in [6.45, 7) is 0.765. The minimum absolute atomic E-state index is 0.0970. The van der Waals surface area contributed by atoms with Crippen LogP contribution < -0.4 is 4.72 Å². The van der Waals surface area contributed by atoms with Gasteiger partial charge in [-0.2, -0.15) is 12.7 Å². The summed E-state index contributed by atoms with van der Waals surface area (Å²) in [6.07, 6.45) is 1.52. The number of hydrogen-bond donors (Lipinski definition) is 1. The Hall–Kier alpha value is -0.220. The molecule has 0 amide bonds. The number of rotatable bonds is 5. The molecule has 0 bridgehead atoms. The Bertz CT molecular complexity index is 443. The molecule has 0 radical (unpaired) electrons. The molecule has 1 rings (SSSR count). The van der Waals surface area contributed by atoms with Crippen LogP contribution in [0.5, 0.6) is 0 Å². The molecule has 0 aromatic rings. The molecule has 1 aliphatic rings. The molecule has 0 aromatic heterocycles. The van der Waals surface area contributed by atoms with Crippen molar-refractivity contribution in [2.45, 2.75) is 12.8 Å². The van der Waals surface area contributed by atoms with Crippen LogP contribution in [0, 0.1) is 0 Å². The summed E-state index contributed by atoms with van der Waals surface area (Å²) in [5.74, 6) is 0.160. The summed E-state index contributed by atoms with van der Waals surface area (Å²) < 4.78 is 50.7. The Morgan fingerprint density at radius 3 is 2.47 bits per heavy atom. The van der Waals surface area contributed by atoms with Crippen molar-refractivity contribution in [3.63, 3.8) is 0 Å². The maximum atomic E-state index is 11.6. The summed E-state index contributed by atoms with van der Waals surface area (Å²) in [7, 11) is -3.82. The second-order valence-corrected chi connectivity index (χ2v) is 8.16. The lowest BCUT2D eigenvalue weighted by Crippen LogP contribution is -2.44. The molecule has 0 spiro atoms. The predicted octanol–water partition coefficient (Wildman–Crippen LogP) is -1.19. The average Bonchev–Trinajstić information content (AvgIpc) is 2.20. The van der Waals surface area contributed by atoms with Crippen LogP contribution in [0.15, 0.2) is 0 Å². The minimum Gasteiger partial charge on any atom is -0.212 e. The van der Waals surface area contributed by atoms with Crippen molar-refractivity contribution in [1.29, 1.82) is 0 Å². The van der Waals surface area contributed by atoms with Crippen molar-refractivity contribution < 1.29 is 16.8 Å². The smallest absolute Gasteiger partial charge is 0.212 e. The highest BCUT2D eigenvalue weighted by Crippen LogP contribution is 2.12. The van der Waals surface area contributed by atoms with Gasteiger partial charge in [0.15, 0.2) is 0 Å². The van der Waals surface area contributed by atoms with Crippen LogP contribution in [0.4, 0.5) is 0 Å². The zero-order valence-corrected chi connectivity index (χ0v) is 11.7. The second kappa shape index (κ2) is 5.61. The van der Waals surface area contributed by atoms with Gasteiger partial charge < -0.3 is 0 Å². The van der Waals surface area contributed by atoms with Gasteiger partial charge in [0.2, 0.25) is 10.0 Å². The molecule has 0 aliphatic carbocycles. The van der Waals surface area contributed by atoms with E-state index in [1.165, 1.54) is 18.4 Å². The Balaban J connectivity index is 2.47. The van der Waals surface area contributed by atoms with E-state index in [0.717, 1.165) is 10.7 Å². The van der Waals surface area contributed by atoms with E-state index < -0.39 is 20.2 Å². The first kappa shape index (κ1) is 14.8. The van der Waals surface area contributed by atoms with Gasteiger partial charge in [-0.1, -0.05) is 0 Å². The van der Waals surface area contributed by atoms with Gasteiger partial charge in [0, 0.05) is 33.7 Å². The summed E-state index contributed by atoms with van der Waals surface area (Å²) in [5.41, 5.74) is 0. The highest BCUT2D eigenvalue weighted by Gasteiger charge is 2.25. The van der Waals surface area contributed by atoms with Crippen molar-refractivity contribution in [3.8, 4) is 0 Å². The zero-order valence-electron chi connectivity index (χ0n) is 10.1. The van der Waals surface area contributed by atoms with Crippen LogP contribution >= 0.6 is 0 Å². The third-order valence-electron chi connectivity index (χ3n) is 2.58. The van der Waals surface area contributed by atoms with Crippen LogP contribution in [0.3, 0.4) is 0 Å². The molecule has 17 heavy (non-hydrogen) atoms. The SMILES string of the molecule is CN(C)S(=O)(=O)NCCN1CCCCS1(=O)=O. The third-order valence-corrected chi connectivity index (χ3v) is 6.07. The monoisotopic (exact) mass is 285 g/mol. The number of sulfonamides is 1. The Morgan fingerprint density at radius 2 is 1.94 bits per heavy atom. The van der Waals surface area contributed by atoms with E-state index in [-0.39, 0.29) is 18.8 Å². The maximum Gasteiger partial charge on any atom is 0.278 e. The van der Waals surface area contributed by atoms with Gasteiger partial charge in [-0.15, -0.1) is 0 Å². The van der Waals surface area contributed by atoms with Gasteiger partial charge in [0.1, 0.15) is 0 Å². The van der Waals surface area contributed by atoms with E-state index >= 15 is 0 Å². The Labute approximate surface area is 103 Å². The summed E-state index contributed by atoms with van der Waals surface area (Å²) >= 11 is 0. The molecule has 0 aromatic carbocycles. The normalized spacial score (nSPS) is 21.8. The van der Waals surface area contributed by atoms with E-state index in [4.69, 9.17) is 0 Å². The summed E-state index contributed by atoms with van der Waals surface area (Å²) in [6, 6.07) is 0. The lowest BCUT2D eigenvalue weighted by molar-refractivity contribution is 0.384. The highest BCUT2D eigenvalue weighted by molar-refractivity contribution is 7.89.